The van der Waals surface area contributed by atoms with Crippen LogP contribution in [0.1, 0.15) is 11.5 Å². The summed E-state index contributed by atoms with van der Waals surface area (Å²) in [5, 5.41) is 9.00. The van der Waals surface area contributed by atoms with Crippen molar-refractivity contribution in [1.29, 1.82) is 0 Å². The Morgan fingerprint density at radius 2 is 1.45 bits per heavy atom. The number of amides is 1. The van der Waals surface area contributed by atoms with Crippen molar-refractivity contribution in [1.82, 2.24) is 4.98 Å². The highest BCUT2D eigenvalue weighted by Crippen LogP contribution is 2.34. The van der Waals surface area contributed by atoms with Crippen molar-refractivity contribution >= 4 is 17.7 Å². The van der Waals surface area contributed by atoms with Gasteiger partial charge in [0.05, 0.1) is 5.69 Å². The zero-order valence-corrected chi connectivity index (χ0v) is 21.5. The van der Waals surface area contributed by atoms with Gasteiger partial charge < -0.3 is 19.0 Å². The molecule has 1 aromatic heterocycles. The van der Waals surface area contributed by atoms with Gasteiger partial charge in [-0.15, -0.1) is 0 Å². The van der Waals surface area contributed by atoms with Crippen LogP contribution in [0.3, 0.4) is 0 Å². The SMILES string of the molecule is O=C(O)COc1cccc(N(Cc2nc(-c3ccccc3)c(-c3ccccc3)o2)C(=O)OCc2ccccc2)c1. The molecular formula is C32H26N2O6. The minimum Gasteiger partial charge on any atom is -0.482 e. The molecule has 0 bridgehead atoms. The van der Waals surface area contributed by atoms with Crippen LogP contribution in [0.5, 0.6) is 5.75 Å². The van der Waals surface area contributed by atoms with E-state index in [4.69, 9.17) is 24.0 Å². The Labute approximate surface area is 231 Å². The number of benzene rings is 4. The van der Waals surface area contributed by atoms with Crippen LogP contribution >= 0.6 is 0 Å². The zero-order chi connectivity index (χ0) is 27.7. The van der Waals surface area contributed by atoms with Gasteiger partial charge >= 0.3 is 12.1 Å². The van der Waals surface area contributed by atoms with Crippen molar-refractivity contribution in [2.24, 2.45) is 0 Å². The first-order valence-corrected chi connectivity index (χ1v) is 12.6. The molecule has 0 saturated heterocycles. The number of hydrogen-bond acceptors (Lipinski definition) is 6. The topological polar surface area (TPSA) is 102 Å². The predicted molar refractivity (Wildman–Crippen MR) is 150 cm³/mol. The Morgan fingerprint density at radius 3 is 2.12 bits per heavy atom. The van der Waals surface area contributed by atoms with Crippen molar-refractivity contribution in [2.75, 3.05) is 11.5 Å². The van der Waals surface area contributed by atoms with Crippen LogP contribution < -0.4 is 9.64 Å². The molecule has 5 aromatic rings. The standard InChI is InChI=1S/C32H26N2O6/c35-29(36)22-38-27-18-10-17-26(19-27)34(32(37)39-21-23-11-4-1-5-12-23)20-28-33-30(24-13-6-2-7-14-24)31(40-28)25-15-8-3-9-16-25/h1-19H,20-22H2,(H,35,36). The van der Waals surface area contributed by atoms with E-state index >= 15 is 0 Å². The summed E-state index contributed by atoms with van der Waals surface area (Å²) in [5.74, 6) is 0.0680. The first kappa shape index (κ1) is 26.2. The van der Waals surface area contributed by atoms with Crippen molar-refractivity contribution < 1.29 is 28.6 Å². The van der Waals surface area contributed by atoms with Crippen LogP contribution in [0, 0.1) is 0 Å². The second kappa shape index (κ2) is 12.4. The summed E-state index contributed by atoms with van der Waals surface area (Å²) in [6, 6.07) is 35.2. The van der Waals surface area contributed by atoms with Crippen LogP contribution in [0.15, 0.2) is 120 Å². The number of aliphatic carboxylic acids is 1. The monoisotopic (exact) mass is 534 g/mol. The first-order chi connectivity index (χ1) is 19.6. The van der Waals surface area contributed by atoms with Crippen molar-refractivity contribution in [3.05, 3.63) is 127 Å². The van der Waals surface area contributed by atoms with E-state index in [9.17, 15) is 9.59 Å². The fourth-order valence-electron chi connectivity index (χ4n) is 4.09. The van der Waals surface area contributed by atoms with Gasteiger partial charge in [0.1, 0.15) is 24.6 Å². The van der Waals surface area contributed by atoms with Gasteiger partial charge in [-0.1, -0.05) is 97.1 Å². The molecule has 0 spiro atoms. The minimum absolute atomic E-state index is 0.0390. The van der Waals surface area contributed by atoms with E-state index in [0.29, 0.717) is 28.8 Å². The minimum atomic E-state index is -1.11. The maximum Gasteiger partial charge on any atom is 0.415 e. The predicted octanol–water partition coefficient (Wildman–Crippen LogP) is 6.82. The van der Waals surface area contributed by atoms with Crippen molar-refractivity contribution in [2.45, 2.75) is 13.2 Å². The molecule has 1 heterocycles. The summed E-state index contributed by atoms with van der Waals surface area (Å²) < 4.78 is 17.2. The molecule has 8 heteroatoms. The third-order valence-corrected chi connectivity index (χ3v) is 5.97. The van der Waals surface area contributed by atoms with E-state index in [0.717, 1.165) is 16.7 Å². The van der Waals surface area contributed by atoms with Gasteiger partial charge in [-0.3, -0.25) is 4.90 Å². The number of rotatable bonds is 10. The molecule has 40 heavy (non-hydrogen) atoms. The van der Waals surface area contributed by atoms with Gasteiger partial charge in [-0.2, -0.15) is 0 Å². The molecular weight excluding hydrogens is 508 g/mol. The molecule has 1 N–H and O–H groups in total. The van der Waals surface area contributed by atoms with E-state index < -0.39 is 18.7 Å². The van der Waals surface area contributed by atoms with Crippen LogP contribution in [0.2, 0.25) is 0 Å². The van der Waals surface area contributed by atoms with E-state index in [1.807, 2.05) is 91.0 Å². The number of nitrogens with zero attached hydrogens (tertiary/aromatic N) is 2. The summed E-state index contributed by atoms with van der Waals surface area (Å²) in [6.07, 6.45) is -0.625. The lowest BCUT2D eigenvalue weighted by Crippen LogP contribution is -2.31. The van der Waals surface area contributed by atoms with E-state index in [2.05, 4.69) is 0 Å². The molecule has 1 amide bonds. The summed E-state index contributed by atoms with van der Waals surface area (Å²) in [4.78, 5) is 30.6. The molecule has 8 nitrogen and oxygen atoms in total. The van der Waals surface area contributed by atoms with E-state index in [1.54, 1.807) is 24.3 Å². The number of ether oxygens (including phenoxy) is 2. The maximum absolute atomic E-state index is 13.4. The number of carboxylic acids is 1. The number of oxazole rings is 1. The summed E-state index contributed by atoms with van der Waals surface area (Å²) in [6.45, 7) is -0.479. The van der Waals surface area contributed by atoms with Gasteiger partial charge in [0.2, 0.25) is 5.89 Å². The largest absolute Gasteiger partial charge is 0.482 e. The Kier molecular flexibility index (Phi) is 8.17. The normalized spacial score (nSPS) is 10.6. The molecule has 0 atom stereocenters. The lowest BCUT2D eigenvalue weighted by atomic mass is 10.1. The molecule has 0 fully saturated rings. The summed E-state index contributed by atoms with van der Waals surface area (Å²) >= 11 is 0. The molecule has 0 aliphatic heterocycles. The van der Waals surface area contributed by atoms with Gasteiger partial charge in [0.25, 0.3) is 0 Å². The molecule has 0 saturated carbocycles. The highest BCUT2D eigenvalue weighted by atomic mass is 16.6. The maximum atomic E-state index is 13.4. The summed E-state index contributed by atoms with van der Waals surface area (Å²) in [7, 11) is 0. The van der Waals surface area contributed by atoms with E-state index in [-0.39, 0.29) is 13.2 Å². The van der Waals surface area contributed by atoms with Crippen molar-refractivity contribution in [3.8, 4) is 28.3 Å². The fourth-order valence-corrected chi connectivity index (χ4v) is 4.09. The second-order valence-corrected chi connectivity index (χ2v) is 8.82. The third-order valence-electron chi connectivity index (χ3n) is 5.97. The molecule has 4 aromatic carbocycles. The number of carbonyl (C=O) groups is 2. The molecule has 0 radical (unpaired) electrons. The average molecular weight is 535 g/mol. The molecule has 0 aliphatic carbocycles. The fraction of sp³-hybridized carbons (Fsp3) is 0.0938. The van der Waals surface area contributed by atoms with Crippen molar-refractivity contribution in [3.63, 3.8) is 0 Å². The number of aromatic nitrogens is 1. The Balaban J connectivity index is 1.49. The Bertz CT molecular complexity index is 1510. The van der Waals surface area contributed by atoms with Crippen LogP contribution in [0.4, 0.5) is 10.5 Å². The second-order valence-electron chi connectivity index (χ2n) is 8.82. The zero-order valence-electron chi connectivity index (χ0n) is 21.5. The lowest BCUT2D eigenvalue weighted by molar-refractivity contribution is -0.139. The number of carboxylic acid groups (broad SMARTS) is 1. The number of anilines is 1. The molecule has 200 valence electrons. The lowest BCUT2D eigenvalue weighted by Gasteiger charge is -2.21. The summed E-state index contributed by atoms with van der Waals surface area (Å²) in [5.41, 5.74) is 3.64. The first-order valence-electron chi connectivity index (χ1n) is 12.6. The van der Waals surface area contributed by atoms with Gasteiger partial charge in [0, 0.05) is 17.2 Å². The third kappa shape index (κ3) is 6.54. The van der Waals surface area contributed by atoms with E-state index in [1.165, 1.54) is 4.90 Å². The van der Waals surface area contributed by atoms with Gasteiger partial charge in [0.15, 0.2) is 12.4 Å². The molecule has 0 aliphatic rings. The Morgan fingerprint density at radius 1 is 0.800 bits per heavy atom. The highest BCUT2D eigenvalue weighted by Gasteiger charge is 2.24. The van der Waals surface area contributed by atoms with Gasteiger partial charge in [-0.05, 0) is 17.7 Å². The average Bonchev–Trinajstić information content (AvgIpc) is 3.43. The van der Waals surface area contributed by atoms with Crippen LogP contribution in [-0.4, -0.2) is 28.8 Å². The number of carbonyl (C=O) groups excluding carboxylic acids is 1. The number of hydrogen-bond donors (Lipinski definition) is 1. The van der Waals surface area contributed by atoms with Gasteiger partial charge in [-0.25, -0.2) is 14.6 Å². The van der Waals surface area contributed by atoms with Crippen LogP contribution in [-0.2, 0) is 22.7 Å². The highest BCUT2D eigenvalue weighted by molar-refractivity contribution is 5.88. The smallest absolute Gasteiger partial charge is 0.415 e. The molecule has 5 rings (SSSR count). The quantitative estimate of drug-likeness (QED) is 0.210. The molecule has 0 unspecified atom stereocenters. The van der Waals surface area contributed by atoms with Crippen LogP contribution in [0.25, 0.3) is 22.6 Å². The Hall–Kier alpha value is -5.37.